The van der Waals surface area contributed by atoms with Crippen LogP contribution in [0, 0.1) is 0 Å². The molecule has 0 aliphatic rings. The van der Waals surface area contributed by atoms with Crippen molar-refractivity contribution < 1.29 is 4.52 Å². The Morgan fingerprint density at radius 3 is 2.73 bits per heavy atom. The summed E-state index contributed by atoms with van der Waals surface area (Å²) in [5.41, 5.74) is 0.168. The van der Waals surface area contributed by atoms with Crippen molar-refractivity contribution in [1.29, 1.82) is 0 Å². The lowest BCUT2D eigenvalue weighted by Crippen LogP contribution is -2.10. The first-order valence-electron chi connectivity index (χ1n) is 4.24. The predicted octanol–water partition coefficient (Wildman–Crippen LogP) is -0.114. The highest BCUT2D eigenvalue weighted by molar-refractivity contribution is 5.47. The molecule has 0 aliphatic carbocycles. The van der Waals surface area contributed by atoms with E-state index < -0.39 is 0 Å². The average Bonchev–Trinajstić information content (AvgIpc) is 2.68. The molecule has 78 valence electrons. The molecule has 0 bridgehead atoms. The van der Waals surface area contributed by atoms with Gasteiger partial charge in [-0.3, -0.25) is 4.79 Å². The van der Waals surface area contributed by atoms with E-state index in [0.717, 1.165) is 0 Å². The Kier molecular flexibility index (Phi) is 2.20. The first-order chi connectivity index (χ1) is 7.16. The standard InChI is InChI=1S/C8H9N5O2/c1-13(2)8-9-7(15-12-8)5-3-4-6(14)11-10-5/h3-4H,1-2H3,(H,11,14). The topological polar surface area (TPSA) is 87.9 Å². The molecule has 0 aliphatic heterocycles. The summed E-state index contributed by atoms with van der Waals surface area (Å²) in [5, 5.41) is 9.78. The van der Waals surface area contributed by atoms with Crippen molar-refractivity contribution in [2.75, 3.05) is 19.0 Å². The second kappa shape index (κ2) is 3.52. The molecule has 0 aromatic carbocycles. The summed E-state index contributed by atoms with van der Waals surface area (Å²) in [6.07, 6.45) is 0. The fourth-order valence-electron chi connectivity index (χ4n) is 0.965. The van der Waals surface area contributed by atoms with Crippen LogP contribution in [0.3, 0.4) is 0 Å². The number of aromatic amines is 1. The molecule has 1 N–H and O–H groups in total. The van der Waals surface area contributed by atoms with E-state index in [4.69, 9.17) is 4.52 Å². The lowest BCUT2D eigenvalue weighted by atomic mass is 10.4. The van der Waals surface area contributed by atoms with Gasteiger partial charge in [-0.1, -0.05) is 0 Å². The number of anilines is 1. The molecule has 7 nitrogen and oxygen atoms in total. The molecule has 0 atom stereocenters. The largest absolute Gasteiger partial charge is 0.344 e. The van der Waals surface area contributed by atoms with Gasteiger partial charge in [-0.25, -0.2) is 5.10 Å². The first-order valence-corrected chi connectivity index (χ1v) is 4.24. The third-order valence-electron chi connectivity index (χ3n) is 1.71. The minimum Gasteiger partial charge on any atom is -0.344 e. The van der Waals surface area contributed by atoms with E-state index in [-0.39, 0.29) is 11.4 Å². The summed E-state index contributed by atoms with van der Waals surface area (Å²) in [5.74, 6) is 0.730. The third-order valence-corrected chi connectivity index (χ3v) is 1.71. The van der Waals surface area contributed by atoms with Gasteiger partial charge < -0.3 is 9.42 Å². The molecule has 7 heteroatoms. The van der Waals surface area contributed by atoms with Gasteiger partial charge in [0.15, 0.2) is 0 Å². The van der Waals surface area contributed by atoms with Gasteiger partial charge in [-0.15, -0.1) is 0 Å². The number of hydrogen-bond donors (Lipinski definition) is 1. The molecular formula is C8H9N5O2. The van der Waals surface area contributed by atoms with Gasteiger partial charge in [-0.05, 0) is 11.2 Å². The Hall–Kier alpha value is -2.18. The third kappa shape index (κ3) is 1.85. The smallest absolute Gasteiger partial charge is 0.279 e. The highest BCUT2D eigenvalue weighted by Gasteiger charge is 2.10. The van der Waals surface area contributed by atoms with Gasteiger partial charge in [0.25, 0.3) is 17.4 Å². The Morgan fingerprint density at radius 2 is 2.20 bits per heavy atom. The van der Waals surface area contributed by atoms with Crippen LogP contribution in [-0.4, -0.2) is 34.4 Å². The van der Waals surface area contributed by atoms with Crippen molar-refractivity contribution >= 4 is 5.95 Å². The average molecular weight is 207 g/mol. The Balaban J connectivity index is 2.37. The SMILES string of the molecule is CN(C)c1noc(-c2ccc(=O)[nH]n2)n1. The number of aromatic nitrogens is 4. The van der Waals surface area contributed by atoms with Crippen LogP contribution in [0.1, 0.15) is 0 Å². The van der Waals surface area contributed by atoms with Crippen molar-refractivity contribution in [3.63, 3.8) is 0 Å². The van der Waals surface area contributed by atoms with Gasteiger partial charge >= 0.3 is 0 Å². The van der Waals surface area contributed by atoms with Crippen molar-refractivity contribution in [2.45, 2.75) is 0 Å². The molecule has 2 heterocycles. The zero-order chi connectivity index (χ0) is 10.8. The molecule has 2 aromatic heterocycles. The van der Waals surface area contributed by atoms with Crippen LogP contribution >= 0.6 is 0 Å². The first kappa shape index (κ1) is 9.38. The maximum atomic E-state index is 10.8. The molecule has 2 aromatic rings. The van der Waals surface area contributed by atoms with Crippen molar-refractivity contribution in [3.8, 4) is 11.6 Å². The summed E-state index contributed by atoms with van der Waals surface area (Å²) in [6, 6.07) is 2.87. The molecule has 0 spiro atoms. The molecule has 0 radical (unpaired) electrons. The van der Waals surface area contributed by atoms with Gasteiger partial charge in [-0.2, -0.15) is 10.1 Å². The molecule has 0 amide bonds. The van der Waals surface area contributed by atoms with Gasteiger partial charge in [0.1, 0.15) is 5.69 Å². The molecule has 0 saturated carbocycles. The summed E-state index contributed by atoms with van der Waals surface area (Å²) >= 11 is 0. The number of rotatable bonds is 2. The molecule has 0 unspecified atom stereocenters. The molecule has 2 rings (SSSR count). The minimum atomic E-state index is -0.272. The van der Waals surface area contributed by atoms with E-state index in [1.807, 2.05) is 0 Å². The van der Waals surface area contributed by atoms with Crippen molar-refractivity contribution in [3.05, 3.63) is 22.5 Å². The predicted molar refractivity (Wildman–Crippen MR) is 52.5 cm³/mol. The van der Waals surface area contributed by atoms with Crippen LogP contribution in [0.4, 0.5) is 5.95 Å². The van der Waals surface area contributed by atoms with Crippen molar-refractivity contribution in [2.24, 2.45) is 0 Å². The Morgan fingerprint density at radius 1 is 1.40 bits per heavy atom. The minimum absolute atomic E-state index is 0.272. The van der Waals surface area contributed by atoms with E-state index in [1.165, 1.54) is 12.1 Å². The highest BCUT2D eigenvalue weighted by Crippen LogP contribution is 2.14. The lowest BCUT2D eigenvalue weighted by Gasteiger charge is -2.02. The summed E-state index contributed by atoms with van der Waals surface area (Å²) in [7, 11) is 3.60. The fraction of sp³-hybridized carbons (Fsp3) is 0.250. The van der Waals surface area contributed by atoms with Crippen LogP contribution in [0.25, 0.3) is 11.6 Å². The highest BCUT2D eigenvalue weighted by atomic mass is 16.5. The number of nitrogens with zero attached hydrogens (tertiary/aromatic N) is 4. The number of nitrogens with one attached hydrogen (secondary N) is 1. The maximum absolute atomic E-state index is 10.8. The van der Waals surface area contributed by atoms with E-state index >= 15 is 0 Å². The van der Waals surface area contributed by atoms with E-state index in [9.17, 15) is 4.79 Å². The van der Waals surface area contributed by atoms with E-state index in [1.54, 1.807) is 19.0 Å². The van der Waals surface area contributed by atoms with Crippen LogP contribution < -0.4 is 10.5 Å². The van der Waals surface area contributed by atoms with Crippen LogP contribution in [-0.2, 0) is 0 Å². The van der Waals surface area contributed by atoms with Crippen molar-refractivity contribution in [1.82, 2.24) is 20.3 Å². The molecule has 15 heavy (non-hydrogen) atoms. The van der Waals surface area contributed by atoms with Gasteiger partial charge in [0.05, 0.1) is 0 Å². The van der Waals surface area contributed by atoms with E-state index in [0.29, 0.717) is 11.6 Å². The molecule has 0 saturated heterocycles. The van der Waals surface area contributed by atoms with Crippen LogP contribution in [0.15, 0.2) is 21.5 Å². The quantitative estimate of drug-likeness (QED) is 0.738. The second-order valence-electron chi connectivity index (χ2n) is 3.10. The van der Waals surface area contributed by atoms with Gasteiger partial charge in [0, 0.05) is 20.2 Å². The zero-order valence-corrected chi connectivity index (χ0v) is 8.26. The molecular weight excluding hydrogens is 198 g/mol. The Labute approximate surface area is 84.7 Å². The van der Waals surface area contributed by atoms with Gasteiger partial charge in [0.2, 0.25) is 0 Å². The normalized spacial score (nSPS) is 10.3. The number of hydrogen-bond acceptors (Lipinski definition) is 6. The number of H-pyrrole nitrogens is 1. The van der Waals surface area contributed by atoms with E-state index in [2.05, 4.69) is 20.3 Å². The lowest BCUT2D eigenvalue weighted by molar-refractivity contribution is 0.429. The summed E-state index contributed by atoms with van der Waals surface area (Å²) < 4.78 is 4.96. The summed E-state index contributed by atoms with van der Waals surface area (Å²) in [6.45, 7) is 0. The maximum Gasteiger partial charge on any atom is 0.279 e. The zero-order valence-electron chi connectivity index (χ0n) is 8.26. The molecule has 0 fully saturated rings. The van der Waals surface area contributed by atoms with Crippen LogP contribution in [0.5, 0.6) is 0 Å². The monoisotopic (exact) mass is 207 g/mol. The Bertz CT molecular complexity index is 495. The fourth-order valence-corrected chi connectivity index (χ4v) is 0.965. The van der Waals surface area contributed by atoms with Crippen LogP contribution in [0.2, 0.25) is 0 Å². The second-order valence-corrected chi connectivity index (χ2v) is 3.10. The summed E-state index contributed by atoms with van der Waals surface area (Å²) in [4.78, 5) is 16.6.